The predicted octanol–water partition coefficient (Wildman–Crippen LogP) is 4.53. The van der Waals surface area contributed by atoms with E-state index in [1.54, 1.807) is 30.7 Å². The highest BCUT2D eigenvalue weighted by molar-refractivity contribution is 7.18. The third-order valence-electron chi connectivity index (χ3n) is 4.55. The number of aromatic nitrogens is 3. The molecule has 3 aromatic heterocycles. The fourth-order valence-corrected chi connectivity index (χ4v) is 3.99. The zero-order valence-electron chi connectivity index (χ0n) is 16.7. The lowest BCUT2D eigenvalue weighted by molar-refractivity contribution is 0.253. The van der Waals surface area contributed by atoms with Gasteiger partial charge < -0.3 is 10.4 Å². The van der Waals surface area contributed by atoms with E-state index in [0.29, 0.717) is 5.82 Å². The first-order valence-corrected chi connectivity index (χ1v) is 10.8. The summed E-state index contributed by atoms with van der Waals surface area (Å²) in [7, 11) is 0. The number of aliphatic hydroxyl groups excluding tert-OH is 1. The molecule has 1 unspecified atom stereocenters. The Kier molecular flexibility index (Phi) is 6.33. The molecule has 0 amide bonds. The summed E-state index contributed by atoms with van der Waals surface area (Å²) in [5, 5.41) is 15.0. The van der Waals surface area contributed by atoms with Crippen molar-refractivity contribution in [2.24, 2.45) is 0 Å². The van der Waals surface area contributed by atoms with Crippen LogP contribution in [0.3, 0.4) is 0 Å². The largest absolute Gasteiger partial charge is 0.381 e. The van der Waals surface area contributed by atoms with E-state index in [0.717, 1.165) is 46.5 Å². The lowest BCUT2D eigenvalue weighted by Gasteiger charge is -2.09. The van der Waals surface area contributed by atoms with E-state index in [-0.39, 0.29) is 0 Å². The molecule has 4 aromatic rings. The summed E-state index contributed by atoms with van der Waals surface area (Å²) in [6.07, 6.45) is 4.79. The van der Waals surface area contributed by atoms with Crippen LogP contribution in [0.2, 0.25) is 0 Å². The number of aryl methyl sites for hydroxylation is 1. The number of thiophene rings is 1. The number of aliphatic hydroxyl groups is 1. The van der Waals surface area contributed by atoms with Gasteiger partial charge in [-0.1, -0.05) is 42.2 Å². The lowest BCUT2D eigenvalue weighted by atomic mass is 10.1. The third kappa shape index (κ3) is 4.82. The van der Waals surface area contributed by atoms with Crippen LogP contribution in [0.5, 0.6) is 0 Å². The van der Waals surface area contributed by atoms with Crippen molar-refractivity contribution in [3.63, 3.8) is 0 Å². The molecule has 5 nitrogen and oxygen atoms in total. The van der Waals surface area contributed by atoms with Crippen molar-refractivity contribution in [3.8, 4) is 23.2 Å². The number of rotatable bonds is 6. The molecule has 0 aliphatic rings. The van der Waals surface area contributed by atoms with Gasteiger partial charge in [0.15, 0.2) is 5.82 Å². The summed E-state index contributed by atoms with van der Waals surface area (Å²) in [4.78, 5) is 13.6. The lowest BCUT2D eigenvalue weighted by Crippen LogP contribution is -2.06. The van der Waals surface area contributed by atoms with Crippen LogP contribution in [0.1, 0.15) is 24.5 Å². The fraction of sp³-hybridized carbons (Fsp3) is 0.208. The molecular weight excluding hydrogens is 392 g/mol. The van der Waals surface area contributed by atoms with Crippen LogP contribution < -0.4 is 5.32 Å². The average molecular weight is 415 g/mol. The number of benzene rings is 1. The molecule has 2 N–H and O–H groups in total. The first kappa shape index (κ1) is 20.0. The van der Waals surface area contributed by atoms with E-state index in [1.165, 1.54) is 5.56 Å². The van der Waals surface area contributed by atoms with Crippen LogP contribution in [-0.4, -0.2) is 32.7 Å². The van der Waals surface area contributed by atoms with Crippen molar-refractivity contribution in [1.82, 2.24) is 15.0 Å². The summed E-state index contributed by atoms with van der Waals surface area (Å²) in [6.45, 7) is 2.46. The van der Waals surface area contributed by atoms with Crippen LogP contribution in [0.25, 0.3) is 21.6 Å². The monoisotopic (exact) mass is 414 g/mol. The Balaban J connectivity index is 1.62. The molecule has 0 aliphatic carbocycles. The first-order chi connectivity index (χ1) is 14.7. The quantitative estimate of drug-likeness (QED) is 0.358. The molecule has 6 heteroatoms. The maximum atomic E-state index is 9.53. The van der Waals surface area contributed by atoms with Gasteiger partial charge in [-0.05, 0) is 37.5 Å². The normalized spacial score (nSPS) is 11.7. The van der Waals surface area contributed by atoms with Crippen LogP contribution >= 0.6 is 11.3 Å². The van der Waals surface area contributed by atoms with Crippen LogP contribution in [-0.2, 0) is 6.42 Å². The predicted molar refractivity (Wildman–Crippen MR) is 122 cm³/mol. The van der Waals surface area contributed by atoms with Crippen molar-refractivity contribution >= 4 is 27.4 Å². The van der Waals surface area contributed by atoms with Gasteiger partial charge in [0.1, 0.15) is 17.4 Å². The highest BCUT2D eigenvalue weighted by atomic mass is 32.1. The summed E-state index contributed by atoms with van der Waals surface area (Å²) >= 11 is 1.57. The molecule has 0 saturated heterocycles. The van der Waals surface area contributed by atoms with Gasteiger partial charge in [-0.3, -0.25) is 4.98 Å². The zero-order valence-corrected chi connectivity index (χ0v) is 17.5. The van der Waals surface area contributed by atoms with E-state index < -0.39 is 6.10 Å². The second-order valence-corrected chi connectivity index (χ2v) is 7.80. The van der Waals surface area contributed by atoms with Crippen molar-refractivity contribution in [2.75, 3.05) is 11.9 Å². The Morgan fingerprint density at radius 2 is 1.90 bits per heavy atom. The van der Waals surface area contributed by atoms with Gasteiger partial charge in [0, 0.05) is 29.9 Å². The molecular formula is C24H22N4OS. The van der Waals surface area contributed by atoms with Crippen molar-refractivity contribution in [1.29, 1.82) is 0 Å². The van der Waals surface area contributed by atoms with Crippen LogP contribution in [0.4, 0.5) is 5.82 Å². The van der Waals surface area contributed by atoms with E-state index in [1.807, 2.05) is 23.6 Å². The van der Waals surface area contributed by atoms with E-state index in [2.05, 4.69) is 46.4 Å². The number of nitrogens with one attached hydrogen (secondary N) is 1. The Bertz CT molecular complexity index is 1180. The second-order valence-electron chi connectivity index (χ2n) is 6.92. The summed E-state index contributed by atoms with van der Waals surface area (Å²) in [6, 6.07) is 14.3. The molecule has 30 heavy (non-hydrogen) atoms. The Labute approximate surface area is 179 Å². The average Bonchev–Trinajstić information content (AvgIpc) is 3.19. The molecule has 0 fully saturated rings. The van der Waals surface area contributed by atoms with Gasteiger partial charge in [-0.15, -0.1) is 11.3 Å². The number of hydrogen-bond acceptors (Lipinski definition) is 6. The topological polar surface area (TPSA) is 70.9 Å². The number of fused-ring (bicyclic) bond motifs is 1. The highest BCUT2D eigenvalue weighted by Crippen LogP contribution is 2.32. The summed E-state index contributed by atoms with van der Waals surface area (Å²) < 4.78 is 0.974. The molecule has 0 spiro atoms. The van der Waals surface area contributed by atoms with E-state index in [9.17, 15) is 5.11 Å². The number of pyridine rings is 1. The smallest absolute Gasteiger partial charge is 0.162 e. The van der Waals surface area contributed by atoms with Crippen LogP contribution in [0, 0.1) is 11.8 Å². The summed E-state index contributed by atoms with van der Waals surface area (Å²) in [5.74, 6) is 7.30. The third-order valence-corrected chi connectivity index (χ3v) is 5.52. The minimum Gasteiger partial charge on any atom is -0.381 e. The number of anilines is 1. The van der Waals surface area contributed by atoms with Gasteiger partial charge in [-0.2, -0.15) is 0 Å². The molecule has 0 radical (unpaired) electrons. The van der Waals surface area contributed by atoms with Gasteiger partial charge >= 0.3 is 0 Å². The Morgan fingerprint density at radius 3 is 2.67 bits per heavy atom. The van der Waals surface area contributed by atoms with Crippen molar-refractivity contribution in [3.05, 3.63) is 71.4 Å². The minimum atomic E-state index is -0.683. The molecule has 3 heterocycles. The molecule has 4 rings (SSSR count). The molecule has 1 aromatic carbocycles. The molecule has 1 atom stereocenters. The maximum absolute atomic E-state index is 9.53. The number of nitrogens with zero attached hydrogens (tertiary/aromatic N) is 3. The van der Waals surface area contributed by atoms with Gasteiger partial charge in [0.05, 0.1) is 10.3 Å². The van der Waals surface area contributed by atoms with Gasteiger partial charge in [0.25, 0.3) is 0 Å². The first-order valence-electron chi connectivity index (χ1n) is 9.88. The molecule has 0 aliphatic heterocycles. The van der Waals surface area contributed by atoms with E-state index in [4.69, 9.17) is 9.97 Å². The Hall–Kier alpha value is -3.27. The minimum absolute atomic E-state index is 0.633. The molecule has 0 saturated carbocycles. The van der Waals surface area contributed by atoms with Crippen molar-refractivity contribution < 1.29 is 5.11 Å². The van der Waals surface area contributed by atoms with Gasteiger partial charge in [-0.25, -0.2) is 9.97 Å². The SMILES string of the molecule is CC(O)C#Cc1csc2c(NCCCc3ccccc3)nc(-c3ccncc3)nc12. The number of hydrogen-bond donors (Lipinski definition) is 2. The standard InChI is InChI=1S/C24H22N4OS/c1-17(29)9-10-20-16-30-22-21(20)27-23(19-11-14-25-15-12-19)28-24(22)26-13-5-8-18-6-3-2-4-7-18/h2-4,6-7,11-12,14-17,29H,5,8,13H2,1H3,(H,26,27,28). The Morgan fingerprint density at radius 1 is 1.10 bits per heavy atom. The zero-order chi connectivity index (χ0) is 20.8. The molecule has 150 valence electrons. The highest BCUT2D eigenvalue weighted by Gasteiger charge is 2.14. The van der Waals surface area contributed by atoms with Crippen LogP contribution in [0.15, 0.2) is 60.2 Å². The van der Waals surface area contributed by atoms with E-state index >= 15 is 0 Å². The summed E-state index contributed by atoms with van der Waals surface area (Å²) in [5.41, 5.74) is 3.85. The van der Waals surface area contributed by atoms with Crippen molar-refractivity contribution in [2.45, 2.75) is 25.9 Å². The second kappa shape index (κ2) is 9.49. The van der Waals surface area contributed by atoms with Gasteiger partial charge in [0.2, 0.25) is 0 Å². The maximum Gasteiger partial charge on any atom is 0.162 e. The molecule has 0 bridgehead atoms. The fourth-order valence-electron chi connectivity index (χ4n) is 3.08.